The van der Waals surface area contributed by atoms with E-state index in [0.29, 0.717) is 12.6 Å². The molecule has 1 heterocycles. The molecular formula is C17H21NOS. The van der Waals surface area contributed by atoms with Crippen LogP contribution in [0.1, 0.15) is 42.5 Å². The average molecular weight is 287 g/mol. The molecule has 0 radical (unpaired) electrons. The molecule has 3 rings (SSSR count). The molecule has 2 aromatic rings. The Kier molecular flexibility index (Phi) is 4.38. The van der Waals surface area contributed by atoms with Crippen LogP contribution < -0.4 is 10.1 Å². The molecule has 1 aliphatic rings. The van der Waals surface area contributed by atoms with Gasteiger partial charge in [-0.1, -0.05) is 13.0 Å². The zero-order valence-electron chi connectivity index (χ0n) is 11.9. The number of ether oxygens (including phenoxy) is 1. The number of nitrogens with one attached hydrogen (secondary N) is 1. The van der Waals surface area contributed by atoms with Crippen LogP contribution in [0.5, 0.6) is 5.75 Å². The highest BCUT2D eigenvalue weighted by molar-refractivity contribution is 7.07. The van der Waals surface area contributed by atoms with Crippen molar-refractivity contribution < 1.29 is 4.74 Å². The molecule has 0 saturated carbocycles. The topological polar surface area (TPSA) is 21.3 Å². The predicted molar refractivity (Wildman–Crippen MR) is 84.4 cm³/mol. The van der Waals surface area contributed by atoms with Crippen molar-refractivity contribution >= 4 is 11.3 Å². The van der Waals surface area contributed by atoms with Crippen molar-refractivity contribution in [3.8, 4) is 5.75 Å². The quantitative estimate of drug-likeness (QED) is 0.884. The number of thiophene rings is 1. The van der Waals surface area contributed by atoms with Crippen LogP contribution in [0.15, 0.2) is 35.0 Å². The summed E-state index contributed by atoms with van der Waals surface area (Å²) in [5, 5.41) is 7.81. The molecule has 1 N–H and O–H groups in total. The fourth-order valence-corrected chi connectivity index (χ4v) is 3.52. The Labute approximate surface area is 124 Å². The third-order valence-electron chi connectivity index (χ3n) is 3.87. The van der Waals surface area contributed by atoms with Gasteiger partial charge in [0.15, 0.2) is 0 Å². The smallest absolute Gasteiger partial charge is 0.120 e. The second-order valence-electron chi connectivity index (χ2n) is 5.28. The SMILES string of the molecule is CCNC1CCCc2ccc(OCc3ccsc3)cc21. The van der Waals surface area contributed by atoms with Gasteiger partial charge in [0.05, 0.1) is 0 Å². The van der Waals surface area contributed by atoms with Crippen molar-refractivity contribution in [1.82, 2.24) is 5.32 Å². The number of benzene rings is 1. The van der Waals surface area contributed by atoms with Crippen molar-refractivity contribution in [2.24, 2.45) is 0 Å². The summed E-state index contributed by atoms with van der Waals surface area (Å²) < 4.78 is 5.92. The van der Waals surface area contributed by atoms with Crippen LogP contribution in [0.2, 0.25) is 0 Å². The van der Waals surface area contributed by atoms with Crippen LogP contribution in [0.25, 0.3) is 0 Å². The van der Waals surface area contributed by atoms with Gasteiger partial charge in [-0.05, 0) is 71.5 Å². The number of hydrogen-bond donors (Lipinski definition) is 1. The summed E-state index contributed by atoms with van der Waals surface area (Å²) in [7, 11) is 0. The van der Waals surface area contributed by atoms with Gasteiger partial charge in [0.2, 0.25) is 0 Å². The number of fused-ring (bicyclic) bond motifs is 1. The molecule has 0 aliphatic heterocycles. The highest BCUT2D eigenvalue weighted by Crippen LogP contribution is 2.32. The van der Waals surface area contributed by atoms with Crippen molar-refractivity contribution in [3.63, 3.8) is 0 Å². The summed E-state index contributed by atoms with van der Waals surface area (Å²) in [5.74, 6) is 0.986. The molecule has 1 aromatic heterocycles. The van der Waals surface area contributed by atoms with Crippen molar-refractivity contribution in [2.75, 3.05) is 6.54 Å². The molecule has 20 heavy (non-hydrogen) atoms. The summed E-state index contributed by atoms with van der Waals surface area (Å²) in [6.45, 7) is 3.85. The van der Waals surface area contributed by atoms with Crippen molar-refractivity contribution in [1.29, 1.82) is 0 Å². The average Bonchev–Trinajstić information content (AvgIpc) is 2.99. The van der Waals surface area contributed by atoms with Gasteiger partial charge in [-0.15, -0.1) is 0 Å². The normalized spacial score (nSPS) is 17.8. The highest BCUT2D eigenvalue weighted by Gasteiger charge is 2.19. The largest absolute Gasteiger partial charge is 0.489 e. The molecule has 3 heteroatoms. The first-order chi connectivity index (χ1) is 9.86. The number of rotatable bonds is 5. The second-order valence-corrected chi connectivity index (χ2v) is 6.06. The zero-order valence-corrected chi connectivity index (χ0v) is 12.7. The van der Waals surface area contributed by atoms with E-state index in [-0.39, 0.29) is 0 Å². The predicted octanol–water partition coefficient (Wildman–Crippen LogP) is 4.31. The first kappa shape index (κ1) is 13.7. The molecule has 2 nitrogen and oxygen atoms in total. The lowest BCUT2D eigenvalue weighted by atomic mass is 9.87. The Morgan fingerprint density at radius 1 is 1.35 bits per heavy atom. The Bertz CT molecular complexity index is 550. The molecule has 106 valence electrons. The van der Waals surface area contributed by atoms with Crippen LogP contribution in [-0.4, -0.2) is 6.54 Å². The van der Waals surface area contributed by atoms with Gasteiger partial charge in [0.25, 0.3) is 0 Å². The Morgan fingerprint density at radius 3 is 3.10 bits per heavy atom. The van der Waals surface area contributed by atoms with Gasteiger partial charge in [0.1, 0.15) is 12.4 Å². The standard InChI is InChI=1S/C17H21NOS/c1-2-18-17-5-3-4-14-6-7-15(10-16(14)17)19-11-13-8-9-20-12-13/h6-10,12,17-18H,2-5,11H2,1H3. The van der Waals surface area contributed by atoms with Crippen LogP contribution in [0.3, 0.4) is 0 Å². The summed E-state index contributed by atoms with van der Waals surface area (Å²) in [6, 6.07) is 9.19. The van der Waals surface area contributed by atoms with E-state index in [1.165, 1.54) is 36.0 Å². The summed E-state index contributed by atoms with van der Waals surface area (Å²) >= 11 is 1.71. The van der Waals surface area contributed by atoms with Crippen molar-refractivity contribution in [3.05, 3.63) is 51.7 Å². The van der Waals surface area contributed by atoms with E-state index in [9.17, 15) is 0 Å². The summed E-state index contributed by atoms with van der Waals surface area (Å²) in [6.07, 6.45) is 3.70. The molecule has 1 aromatic carbocycles. The van der Waals surface area contributed by atoms with Gasteiger partial charge < -0.3 is 10.1 Å². The van der Waals surface area contributed by atoms with Crippen LogP contribution in [0.4, 0.5) is 0 Å². The van der Waals surface area contributed by atoms with Crippen LogP contribution in [-0.2, 0) is 13.0 Å². The van der Waals surface area contributed by atoms with E-state index in [1.807, 2.05) is 0 Å². The lowest BCUT2D eigenvalue weighted by Gasteiger charge is -2.26. The van der Waals surface area contributed by atoms with E-state index < -0.39 is 0 Å². The minimum Gasteiger partial charge on any atom is -0.489 e. The van der Waals surface area contributed by atoms with Gasteiger partial charge in [-0.3, -0.25) is 0 Å². The van der Waals surface area contributed by atoms with Gasteiger partial charge in [0, 0.05) is 6.04 Å². The van der Waals surface area contributed by atoms with E-state index in [2.05, 4.69) is 47.3 Å². The molecule has 1 aliphatic carbocycles. The van der Waals surface area contributed by atoms with Crippen LogP contribution >= 0.6 is 11.3 Å². The van der Waals surface area contributed by atoms with E-state index in [0.717, 1.165) is 12.3 Å². The zero-order chi connectivity index (χ0) is 13.8. The second kappa shape index (κ2) is 6.42. The summed E-state index contributed by atoms with van der Waals surface area (Å²) in [5.41, 5.74) is 4.15. The molecule has 0 saturated heterocycles. The summed E-state index contributed by atoms with van der Waals surface area (Å²) in [4.78, 5) is 0. The minimum absolute atomic E-state index is 0.494. The van der Waals surface area contributed by atoms with Crippen LogP contribution in [0, 0.1) is 0 Å². The first-order valence-electron chi connectivity index (χ1n) is 7.37. The molecule has 1 unspecified atom stereocenters. The Hall–Kier alpha value is -1.32. The Morgan fingerprint density at radius 2 is 2.30 bits per heavy atom. The fraction of sp³-hybridized carbons (Fsp3) is 0.412. The van der Waals surface area contributed by atoms with E-state index in [4.69, 9.17) is 4.74 Å². The molecule has 1 atom stereocenters. The molecule has 0 amide bonds. The molecule has 0 fully saturated rings. The maximum atomic E-state index is 5.92. The Balaban J connectivity index is 1.74. The minimum atomic E-state index is 0.494. The van der Waals surface area contributed by atoms with Gasteiger partial charge in [-0.2, -0.15) is 11.3 Å². The number of hydrogen-bond acceptors (Lipinski definition) is 3. The third-order valence-corrected chi connectivity index (χ3v) is 4.60. The first-order valence-corrected chi connectivity index (χ1v) is 8.31. The molecule has 0 bridgehead atoms. The lowest BCUT2D eigenvalue weighted by Crippen LogP contribution is -2.24. The fourth-order valence-electron chi connectivity index (χ4n) is 2.87. The maximum absolute atomic E-state index is 5.92. The molecular weight excluding hydrogens is 266 g/mol. The van der Waals surface area contributed by atoms with Gasteiger partial charge in [-0.25, -0.2) is 0 Å². The highest BCUT2D eigenvalue weighted by atomic mass is 32.1. The maximum Gasteiger partial charge on any atom is 0.120 e. The monoisotopic (exact) mass is 287 g/mol. The van der Waals surface area contributed by atoms with Crippen molar-refractivity contribution in [2.45, 2.75) is 38.8 Å². The third kappa shape index (κ3) is 3.05. The number of aryl methyl sites for hydroxylation is 1. The molecule has 0 spiro atoms. The van der Waals surface area contributed by atoms with Gasteiger partial charge >= 0.3 is 0 Å². The lowest BCUT2D eigenvalue weighted by molar-refractivity contribution is 0.305. The van der Waals surface area contributed by atoms with E-state index >= 15 is 0 Å². The van der Waals surface area contributed by atoms with E-state index in [1.54, 1.807) is 11.3 Å².